The number of Topliss-reactive ketones (excluding diaryl/α,β-unsaturated/α-hetero) is 1. The SMILES string of the molecule is CC(=O)CCc1ccc(OCCCCN2CC(C)OC(C)C2)cc1.Cl. The van der Waals surface area contributed by atoms with Crippen LogP contribution in [0.3, 0.4) is 0 Å². The highest BCUT2D eigenvalue weighted by molar-refractivity contribution is 5.85. The van der Waals surface area contributed by atoms with Crippen LogP contribution in [0.15, 0.2) is 24.3 Å². The van der Waals surface area contributed by atoms with Gasteiger partial charge in [0.15, 0.2) is 0 Å². The van der Waals surface area contributed by atoms with Gasteiger partial charge in [0, 0.05) is 19.5 Å². The summed E-state index contributed by atoms with van der Waals surface area (Å²) < 4.78 is 11.6. The van der Waals surface area contributed by atoms with E-state index in [1.165, 1.54) is 5.56 Å². The third-order valence-electron chi connectivity index (χ3n) is 4.32. The molecule has 0 N–H and O–H groups in total. The van der Waals surface area contributed by atoms with Gasteiger partial charge in [0.1, 0.15) is 11.5 Å². The summed E-state index contributed by atoms with van der Waals surface area (Å²) in [6, 6.07) is 8.10. The van der Waals surface area contributed by atoms with Crippen LogP contribution < -0.4 is 4.74 Å². The second kappa shape index (κ2) is 11.5. The summed E-state index contributed by atoms with van der Waals surface area (Å²) in [5, 5.41) is 0. The van der Waals surface area contributed by atoms with Gasteiger partial charge in [-0.2, -0.15) is 0 Å². The minimum absolute atomic E-state index is 0. The molecule has 2 atom stereocenters. The van der Waals surface area contributed by atoms with Crippen LogP contribution in [-0.2, 0) is 16.0 Å². The van der Waals surface area contributed by atoms with Gasteiger partial charge in [-0.25, -0.2) is 0 Å². The minimum Gasteiger partial charge on any atom is -0.494 e. The fourth-order valence-corrected chi connectivity index (χ4v) is 3.17. The summed E-state index contributed by atoms with van der Waals surface area (Å²) in [6.45, 7) is 9.86. The molecule has 1 aromatic rings. The lowest BCUT2D eigenvalue weighted by molar-refractivity contribution is -0.116. The molecule has 1 heterocycles. The Kier molecular flexibility index (Phi) is 10.1. The van der Waals surface area contributed by atoms with Crippen LogP contribution in [0, 0.1) is 0 Å². The number of carbonyl (C=O) groups is 1. The zero-order chi connectivity index (χ0) is 17.4. The van der Waals surface area contributed by atoms with E-state index in [0.29, 0.717) is 18.6 Å². The number of hydrogen-bond donors (Lipinski definition) is 0. The Hall–Kier alpha value is -1.10. The van der Waals surface area contributed by atoms with Crippen LogP contribution in [-0.4, -0.2) is 49.1 Å². The molecule has 1 saturated heterocycles. The highest BCUT2D eigenvalue weighted by atomic mass is 35.5. The molecule has 1 aliphatic heterocycles. The van der Waals surface area contributed by atoms with Crippen LogP contribution in [0.25, 0.3) is 0 Å². The molecule has 0 aliphatic carbocycles. The van der Waals surface area contributed by atoms with Crippen molar-refractivity contribution in [2.24, 2.45) is 0 Å². The number of ketones is 1. The quantitative estimate of drug-likeness (QED) is 0.619. The molecular weight excluding hydrogens is 338 g/mol. The van der Waals surface area contributed by atoms with Gasteiger partial charge in [-0.3, -0.25) is 4.90 Å². The van der Waals surface area contributed by atoms with Crippen molar-refractivity contribution < 1.29 is 14.3 Å². The molecule has 2 rings (SSSR count). The number of halogens is 1. The van der Waals surface area contributed by atoms with E-state index >= 15 is 0 Å². The molecule has 25 heavy (non-hydrogen) atoms. The van der Waals surface area contributed by atoms with Gasteiger partial charge in [0.05, 0.1) is 18.8 Å². The monoisotopic (exact) mass is 369 g/mol. The molecule has 1 fully saturated rings. The fourth-order valence-electron chi connectivity index (χ4n) is 3.17. The molecule has 1 aromatic carbocycles. The van der Waals surface area contributed by atoms with Crippen LogP contribution in [0.5, 0.6) is 5.75 Å². The maximum absolute atomic E-state index is 11.0. The van der Waals surface area contributed by atoms with Crippen molar-refractivity contribution in [1.29, 1.82) is 0 Å². The van der Waals surface area contributed by atoms with Crippen LogP contribution in [0.4, 0.5) is 0 Å². The molecule has 0 aromatic heterocycles. The first-order valence-electron chi connectivity index (χ1n) is 9.12. The van der Waals surface area contributed by atoms with Gasteiger partial charge in [0.2, 0.25) is 0 Å². The first-order chi connectivity index (χ1) is 11.5. The van der Waals surface area contributed by atoms with Crippen molar-refractivity contribution in [3.63, 3.8) is 0 Å². The van der Waals surface area contributed by atoms with Gasteiger partial charge in [0.25, 0.3) is 0 Å². The van der Waals surface area contributed by atoms with E-state index in [0.717, 1.165) is 51.3 Å². The first kappa shape index (κ1) is 21.9. The standard InChI is InChI=1S/C20H31NO3.ClH/c1-16(22)6-7-19-8-10-20(11-9-19)23-13-5-4-12-21-14-17(2)24-18(3)15-21;/h8-11,17-18H,4-7,12-15H2,1-3H3;1H. The number of morpholine rings is 1. The molecular formula is C20H32ClNO3. The zero-order valence-corrected chi connectivity index (χ0v) is 16.5. The van der Waals surface area contributed by atoms with Gasteiger partial charge < -0.3 is 14.3 Å². The molecule has 2 unspecified atom stereocenters. The topological polar surface area (TPSA) is 38.8 Å². The van der Waals surface area contributed by atoms with Crippen LogP contribution >= 0.6 is 12.4 Å². The third-order valence-corrected chi connectivity index (χ3v) is 4.32. The number of ether oxygens (including phenoxy) is 2. The molecule has 0 bridgehead atoms. The Labute approximate surface area is 158 Å². The van der Waals surface area contributed by atoms with Gasteiger partial charge >= 0.3 is 0 Å². The Morgan fingerprint density at radius 2 is 1.80 bits per heavy atom. The van der Waals surface area contributed by atoms with E-state index in [4.69, 9.17) is 9.47 Å². The summed E-state index contributed by atoms with van der Waals surface area (Å²) in [5.41, 5.74) is 1.19. The second-order valence-electron chi connectivity index (χ2n) is 6.92. The number of nitrogens with zero attached hydrogens (tertiary/aromatic N) is 1. The van der Waals surface area contributed by atoms with Crippen molar-refractivity contribution in [1.82, 2.24) is 4.90 Å². The smallest absolute Gasteiger partial charge is 0.130 e. The molecule has 0 radical (unpaired) electrons. The van der Waals surface area contributed by atoms with E-state index in [2.05, 4.69) is 30.9 Å². The number of hydrogen-bond acceptors (Lipinski definition) is 4. The number of rotatable bonds is 9. The number of carbonyl (C=O) groups excluding carboxylic acids is 1. The Morgan fingerprint density at radius 1 is 1.16 bits per heavy atom. The van der Waals surface area contributed by atoms with Crippen molar-refractivity contribution in [3.05, 3.63) is 29.8 Å². The maximum atomic E-state index is 11.0. The van der Waals surface area contributed by atoms with Crippen molar-refractivity contribution >= 4 is 18.2 Å². The van der Waals surface area contributed by atoms with Gasteiger partial charge in [-0.1, -0.05) is 12.1 Å². The van der Waals surface area contributed by atoms with Gasteiger partial charge in [-0.15, -0.1) is 12.4 Å². The average molecular weight is 370 g/mol. The molecule has 5 heteroatoms. The molecule has 0 saturated carbocycles. The number of benzene rings is 1. The third kappa shape index (κ3) is 8.70. The summed E-state index contributed by atoms with van der Waals surface area (Å²) in [6.07, 6.45) is 4.31. The van der Waals surface area contributed by atoms with E-state index in [-0.39, 0.29) is 18.2 Å². The zero-order valence-electron chi connectivity index (χ0n) is 15.7. The summed E-state index contributed by atoms with van der Waals surface area (Å²) in [7, 11) is 0. The van der Waals surface area contributed by atoms with E-state index in [9.17, 15) is 4.79 Å². The lowest BCUT2D eigenvalue weighted by Crippen LogP contribution is -2.45. The van der Waals surface area contributed by atoms with Crippen LogP contribution in [0.2, 0.25) is 0 Å². The molecule has 0 spiro atoms. The Balaban J connectivity index is 0.00000312. The van der Waals surface area contributed by atoms with E-state index < -0.39 is 0 Å². The predicted molar refractivity (Wildman–Crippen MR) is 104 cm³/mol. The molecule has 0 amide bonds. The fraction of sp³-hybridized carbons (Fsp3) is 0.650. The largest absolute Gasteiger partial charge is 0.494 e. The van der Waals surface area contributed by atoms with Gasteiger partial charge in [-0.05, 0) is 64.3 Å². The predicted octanol–water partition coefficient (Wildman–Crippen LogP) is 3.90. The second-order valence-corrected chi connectivity index (χ2v) is 6.92. The summed E-state index contributed by atoms with van der Waals surface area (Å²) in [4.78, 5) is 13.5. The van der Waals surface area contributed by atoms with Crippen molar-refractivity contribution in [2.75, 3.05) is 26.2 Å². The maximum Gasteiger partial charge on any atom is 0.130 e. The van der Waals surface area contributed by atoms with Crippen LogP contribution in [0.1, 0.15) is 45.6 Å². The lowest BCUT2D eigenvalue weighted by atomic mass is 10.1. The normalized spacial score (nSPS) is 20.8. The average Bonchev–Trinajstić information content (AvgIpc) is 2.53. The number of aryl methyl sites for hydroxylation is 1. The molecule has 1 aliphatic rings. The van der Waals surface area contributed by atoms with E-state index in [1.54, 1.807) is 6.92 Å². The van der Waals surface area contributed by atoms with Crippen molar-refractivity contribution in [3.8, 4) is 5.75 Å². The summed E-state index contributed by atoms with van der Waals surface area (Å²) in [5.74, 6) is 1.15. The van der Waals surface area contributed by atoms with Crippen molar-refractivity contribution in [2.45, 2.75) is 58.7 Å². The molecule has 142 valence electrons. The first-order valence-corrected chi connectivity index (χ1v) is 9.12. The van der Waals surface area contributed by atoms with E-state index in [1.807, 2.05) is 12.1 Å². The number of unbranched alkanes of at least 4 members (excludes halogenated alkanes) is 1. The Bertz CT molecular complexity index is 496. The highest BCUT2D eigenvalue weighted by Gasteiger charge is 2.21. The molecule has 4 nitrogen and oxygen atoms in total. The highest BCUT2D eigenvalue weighted by Crippen LogP contribution is 2.15. The summed E-state index contributed by atoms with van der Waals surface area (Å²) >= 11 is 0. The minimum atomic E-state index is 0. The lowest BCUT2D eigenvalue weighted by Gasteiger charge is -2.35. The Morgan fingerprint density at radius 3 is 2.40 bits per heavy atom.